The summed E-state index contributed by atoms with van der Waals surface area (Å²) in [6, 6.07) is 0. The predicted octanol–water partition coefficient (Wildman–Crippen LogP) is 6.75. The maximum atomic E-state index is 10.9. The highest BCUT2D eigenvalue weighted by Gasteiger charge is 2.75. The number of aromatic nitrogens is 2. The molecule has 7 rings (SSSR count). The number of hydrogen-bond acceptors (Lipinski definition) is 5. The van der Waals surface area contributed by atoms with Gasteiger partial charge in [0.1, 0.15) is 5.60 Å². The molecule has 4 aliphatic carbocycles. The largest absolute Gasteiger partial charge is 0.393 e. The summed E-state index contributed by atoms with van der Waals surface area (Å²) in [5, 5.41) is 13.0. The van der Waals surface area contributed by atoms with E-state index in [1.54, 1.807) is 12.4 Å². The van der Waals surface area contributed by atoms with E-state index in [0.717, 1.165) is 18.7 Å². The quantitative estimate of drug-likeness (QED) is 0.448. The van der Waals surface area contributed by atoms with E-state index < -0.39 is 0 Å². The lowest BCUT2D eigenvalue weighted by molar-refractivity contribution is -0.273. The summed E-state index contributed by atoms with van der Waals surface area (Å²) in [6.45, 7) is 14.5. The lowest BCUT2D eigenvalue weighted by Gasteiger charge is -2.73. The molecule has 10 atom stereocenters. The van der Waals surface area contributed by atoms with Crippen molar-refractivity contribution in [3.63, 3.8) is 0 Å². The van der Waals surface area contributed by atoms with Crippen LogP contribution in [0.15, 0.2) is 42.9 Å². The average Bonchev–Trinajstić information content (AvgIpc) is 3.25. The monoisotopic (exact) mass is 505 g/mol. The topological polar surface area (TPSA) is 58.5 Å². The Bertz CT molecular complexity index is 1070. The van der Waals surface area contributed by atoms with Crippen LogP contribution in [0.25, 0.3) is 0 Å². The van der Waals surface area contributed by atoms with Gasteiger partial charge < -0.3 is 5.11 Å². The van der Waals surface area contributed by atoms with Gasteiger partial charge in [0, 0.05) is 36.1 Å². The lowest BCUT2D eigenvalue weighted by atomic mass is 9.41. The van der Waals surface area contributed by atoms with Gasteiger partial charge in [0.15, 0.2) is 5.82 Å². The van der Waals surface area contributed by atoms with Crippen molar-refractivity contribution in [2.45, 2.75) is 104 Å². The predicted molar refractivity (Wildman–Crippen MR) is 148 cm³/mol. The first kappa shape index (κ1) is 25.6. The minimum absolute atomic E-state index is 0.0222. The van der Waals surface area contributed by atoms with E-state index in [1.165, 1.54) is 25.7 Å². The summed E-state index contributed by atoms with van der Waals surface area (Å²) in [6.07, 6.45) is 22.4. The van der Waals surface area contributed by atoms with Gasteiger partial charge in [-0.25, -0.2) is 10.0 Å². The molecule has 202 valence electrons. The summed E-state index contributed by atoms with van der Waals surface area (Å²) >= 11 is 0. The first-order valence-corrected chi connectivity index (χ1v) is 14.9. The Labute approximate surface area is 223 Å². The second-order valence-electron chi connectivity index (χ2n) is 14.1. The Hall–Kier alpha value is -1.72. The zero-order valence-electron chi connectivity index (χ0n) is 23.7. The van der Waals surface area contributed by atoms with Crippen molar-refractivity contribution < 1.29 is 9.94 Å². The van der Waals surface area contributed by atoms with Crippen LogP contribution in [0.5, 0.6) is 0 Å². The molecular weight excluding hydrogens is 458 g/mol. The molecule has 6 aliphatic rings. The second kappa shape index (κ2) is 8.64. The molecule has 5 nitrogen and oxygen atoms in total. The van der Waals surface area contributed by atoms with Gasteiger partial charge >= 0.3 is 0 Å². The van der Waals surface area contributed by atoms with Crippen molar-refractivity contribution in [2.24, 2.45) is 46.3 Å². The molecule has 2 spiro atoms. The Balaban J connectivity index is 1.40. The third-order valence-corrected chi connectivity index (χ3v) is 12.2. The van der Waals surface area contributed by atoms with Crippen molar-refractivity contribution in [1.82, 2.24) is 9.97 Å². The number of hydroxylamine groups is 1. The maximum Gasteiger partial charge on any atom is 0.171 e. The zero-order chi connectivity index (χ0) is 26.2. The van der Waals surface area contributed by atoms with Crippen LogP contribution >= 0.6 is 0 Å². The molecule has 10 unspecified atom stereocenters. The van der Waals surface area contributed by atoms with Crippen LogP contribution in [-0.2, 0) is 4.84 Å². The fourth-order valence-corrected chi connectivity index (χ4v) is 9.71. The highest BCUT2D eigenvalue weighted by Crippen LogP contribution is 2.73. The van der Waals surface area contributed by atoms with Crippen LogP contribution in [0.2, 0.25) is 0 Å². The van der Waals surface area contributed by atoms with E-state index in [1.807, 2.05) is 6.20 Å². The number of fused-ring (bicyclic) bond motifs is 2. The first-order chi connectivity index (χ1) is 17.6. The van der Waals surface area contributed by atoms with Crippen molar-refractivity contribution >= 4 is 5.82 Å². The van der Waals surface area contributed by atoms with E-state index in [2.05, 4.69) is 75.9 Å². The standard InChI is InChI=1S/C32H47N3O2/c1-21(2)22(3)7-8-23(4)25-9-10-26-29(25,5)13-12-27-30(6)14-11-24(36)19-31(30)15-16-32(26,27)37-35(31)28-20-33-17-18-34-28/h7-8,15-18,20-27,36H,9-14,19H2,1-6H3. The van der Waals surface area contributed by atoms with Gasteiger partial charge in [0.05, 0.1) is 17.8 Å². The van der Waals surface area contributed by atoms with Gasteiger partial charge in [-0.05, 0) is 67.6 Å². The Morgan fingerprint density at radius 2 is 1.81 bits per heavy atom. The molecule has 4 fully saturated rings. The van der Waals surface area contributed by atoms with Gasteiger partial charge in [-0.3, -0.25) is 9.82 Å². The number of hydrogen-bond donors (Lipinski definition) is 1. The molecule has 3 heterocycles. The summed E-state index contributed by atoms with van der Waals surface area (Å²) in [7, 11) is 0. The summed E-state index contributed by atoms with van der Waals surface area (Å²) in [4.78, 5) is 16.4. The average molecular weight is 506 g/mol. The van der Waals surface area contributed by atoms with Gasteiger partial charge in [-0.2, -0.15) is 0 Å². The molecule has 0 radical (unpaired) electrons. The molecule has 1 N–H and O–H groups in total. The van der Waals surface area contributed by atoms with Gasteiger partial charge in [-0.15, -0.1) is 0 Å². The number of aliphatic hydroxyl groups is 1. The van der Waals surface area contributed by atoms with Crippen LogP contribution in [0.4, 0.5) is 5.82 Å². The minimum Gasteiger partial charge on any atom is -0.393 e. The maximum absolute atomic E-state index is 10.9. The van der Waals surface area contributed by atoms with Crippen LogP contribution < -0.4 is 5.06 Å². The molecule has 3 saturated carbocycles. The number of anilines is 1. The lowest BCUT2D eigenvalue weighted by Crippen LogP contribution is -2.79. The highest BCUT2D eigenvalue weighted by atomic mass is 16.7. The van der Waals surface area contributed by atoms with Gasteiger partial charge in [0.25, 0.3) is 0 Å². The normalized spacial score (nSPS) is 46.1. The van der Waals surface area contributed by atoms with Crippen LogP contribution in [0, 0.1) is 46.3 Å². The van der Waals surface area contributed by atoms with Crippen LogP contribution in [-0.4, -0.2) is 32.3 Å². The van der Waals surface area contributed by atoms with Crippen molar-refractivity contribution in [3.05, 3.63) is 42.9 Å². The number of rotatable bonds is 5. The van der Waals surface area contributed by atoms with Gasteiger partial charge in [0.2, 0.25) is 0 Å². The SMILES string of the molecule is CC(C)C(C)C=CC(C)C1CCC2C1(C)CCC1C23C=CC2(CC(O)CCC12C)N(c1cnccn1)O3. The number of nitrogens with zero attached hydrogens (tertiary/aromatic N) is 3. The smallest absolute Gasteiger partial charge is 0.171 e. The third-order valence-electron chi connectivity index (χ3n) is 12.2. The minimum atomic E-state index is -0.387. The van der Waals surface area contributed by atoms with E-state index in [9.17, 15) is 5.11 Å². The fraction of sp³-hybridized carbons (Fsp3) is 0.750. The zero-order valence-corrected chi connectivity index (χ0v) is 23.7. The molecule has 0 amide bonds. The Morgan fingerprint density at radius 3 is 2.54 bits per heavy atom. The van der Waals surface area contributed by atoms with E-state index in [4.69, 9.17) is 9.82 Å². The second-order valence-corrected chi connectivity index (χ2v) is 14.1. The molecular formula is C32H47N3O2. The van der Waals surface area contributed by atoms with Gasteiger partial charge in [-0.1, -0.05) is 65.8 Å². The van der Waals surface area contributed by atoms with Crippen LogP contribution in [0.3, 0.4) is 0 Å². The Kier molecular flexibility index (Phi) is 5.97. The summed E-state index contributed by atoms with van der Waals surface area (Å²) < 4.78 is 0. The molecule has 37 heavy (non-hydrogen) atoms. The Morgan fingerprint density at radius 1 is 1.00 bits per heavy atom. The number of aliphatic hydroxyl groups excluding tert-OH is 1. The van der Waals surface area contributed by atoms with E-state index in [-0.39, 0.29) is 28.1 Å². The molecule has 1 aromatic heterocycles. The highest BCUT2D eigenvalue weighted by molar-refractivity contribution is 5.49. The van der Waals surface area contributed by atoms with E-state index in [0.29, 0.717) is 41.9 Å². The molecule has 2 bridgehead atoms. The number of allylic oxidation sites excluding steroid dienone is 2. The molecule has 1 saturated heterocycles. The van der Waals surface area contributed by atoms with Crippen molar-refractivity contribution in [3.8, 4) is 0 Å². The van der Waals surface area contributed by atoms with E-state index >= 15 is 0 Å². The summed E-state index contributed by atoms with van der Waals surface area (Å²) in [5.41, 5.74) is -0.454. The molecule has 2 aliphatic heterocycles. The first-order valence-electron chi connectivity index (χ1n) is 14.9. The van der Waals surface area contributed by atoms with Crippen molar-refractivity contribution in [2.75, 3.05) is 5.06 Å². The summed E-state index contributed by atoms with van der Waals surface area (Å²) in [5.74, 6) is 4.21. The molecule has 1 aromatic rings. The van der Waals surface area contributed by atoms with Crippen molar-refractivity contribution in [1.29, 1.82) is 0 Å². The third kappa shape index (κ3) is 3.41. The fourth-order valence-electron chi connectivity index (χ4n) is 9.71. The molecule has 0 aromatic carbocycles. The molecule has 5 heteroatoms. The van der Waals surface area contributed by atoms with Crippen LogP contribution in [0.1, 0.15) is 86.5 Å².